The van der Waals surface area contributed by atoms with Gasteiger partial charge in [0, 0.05) is 12.1 Å². The van der Waals surface area contributed by atoms with E-state index in [1.54, 1.807) is 0 Å². The van der Waals surface area contributed by atoms with E-state index in [1.165, 1.54) is 7.11 Å². The topological polar surface area (TPSA) is 41.6 Å². The fraction of sp³-hybridized carbons (Fsp3) is 0.929. The lowest BCUT2D eigenvalue weighted by Gasteiger charge is -2.32. The molecule has 1 heterocycles. The monoisotopic (exact) mass is 256 g/mol. The van der Waals surface area contributed by atoms with Crippen LogP contribution in [0.2, 0.25) is 0 Å². The molecule has 1 N–H and O–H groups in total. The first-order valence-electron chi connectivity index (χ1n) is 7.04. The Hall–Kier alpha value is -0.610. The number of ether oxygens (including phenoxy) is 1. The average Bonchev–Trinajstić information content (AvgIpc) is 2.75. The third-order valence-electron chi connectivity index (χ3n) is 3.89. The molecular weight excluding hydrogens is 228 g/mol. The third kappa shape index (κ3) is 3.95. The molecule has 0 saturated carbocycles. The minimum Gasteiger partial charge on any atom is -0.468 e. The van der Waals surface area contributed by atoms with Gasteiger partial charge in [0.15, 0.2) is 0 Å². The SMILES string of the molecule is COC(=O)[C@H]1NCCC1CCN(C(C)C)C(C)C. The van der Waals surface area contributed by atoms with Crippen molar-refractivity contribution in [3.05, 3.63) is 0 Å². The summed E-state index contributed by atoms with van der Waals surface area (Å²) < 4.78 is 4.85. The number of rotatable bonds is 6. The molecule has 0 aliphatic carbocycles. The van der Waals surface area contributed by atoms with E-state index >= 15 is 0 Å². The highest BCUT2D eigenvalue weighted by molar-refractivity contribution is 5.76. The number of esters is 1. The van der Waals surface area contributed by atoms with E-state index in [1.807, 2.05) is 0 Å². The fourth-order valence-electron chi connectivity index (χ4n) is 2.90. The predicted molar refractivity (Wildman–Crippen MR) is 73.5 cm³/mol. The molecule has 1 aliphatic heterocycles. The summed E-state index contributed by atoms with van der Waals surface area (Å²) in [4.78, 5) is 14.1. The van der Waals surface area contributed by atoms with Crippen molar-refractivity contribution < 1.29 is 9.53 Å². The van der Waals surface area contributed by atoms with E-state index in [4.69, 9.17) is 4.74 Å². The highest BCUT2D eigenvalue weighted by Gasteiger charge is 2.33. The van der Waals surface area contributed by atoms with E-state index in [0.29, 0.717) is 18.0 Å². The molecule has 0 radical (unpaired) electrons. The van der Waals surface area contributed by atoms with Crippen molar-refractivity contribution in [3.8, 4) is 0 Å². The van der Waals surface area contributed by atoms with Gasteiger partial charge in [0.05, 0.1) is 7.11 Å². The lowest BCUT2D eigenvalue weighted by molar-refractivity contribution is -0.143. The van der Waals surface area contributed by atoms with Crippen molar-refractivity contribution in [3.63, 3.8) is 0 Å². The van der Waals surface area contributed by atoms with Crippen molar-refractivity contribution in [1.82, 2.24) is 10.2 Å². The van der Waals surface area contributed by atoms with Crippen LogP contribution in [0.25, 0.3) is 0 Å². The molecule has 1 unspecified atom stereocenters. The van der Waals surface area contributed by atoms with Crippen LogP contribution in [0.4, 0.5) is 0 Å². The summed E-state index contributed by atoms with van der Waals surface area (Å²) in [6.07, 6.45) is 2.13. The van der Waals surface area contributed by atoms with E-state index in [2.05, 4.69) is 37.9 Å². The molecule has 0 aromatic heterocycles. The van der Waals surface area contributed by atoms with Crippen LogP contribution in [0.15, 0.2) is 0 Å². The number of nitrogens with one attached hydrogen (secondary N) is 1. The van der Waals surface area contributed by atoms with Crippen LogP contribution >= 0.6 is 0 Å². The molecule has 1 rings (SSSR count). The minimum atomic E-state index is -0.113. The summed E-state index contributed by atoms with van der Waals surface area (Å²) in [6, 6.07) is 1.00. The predicted octanol–water partition coefficient (Wildman–Crippen LogP) is 1.65. The summed E-state index contributed by atoms with van der Waals surface area (Å²) in [7, 11) is 1.47. The number of methoxy groups -OCH3 is 1. The van der Waals surface area contributed by atoms with Gasteiger partial charge in [-0.05, 0) is 59.5 Å². The quantitative estimate of drug-likeness (QED) is 0.734. The molecule has 1 saturated heterocycles. The van der Waals surface area contributed by atoms with E-state index in [0.717, 1.165) is 25.9 Å². The van der Waals surface area contributed by atoms with Gasteiger partial charge in [-0.25, -0.2) is 0 Å². The number of hydrogen-bond donors (Lipinski definition) is 1. The van der Waals surface area contributed by atoms with Crippen molar-refractivity contribution in [2.45, 2.75) is 58.7 Å². The van der Waals surface area contributed by atoms with Crippen LogP contribution in [0.1, 0.15) is 40.5 Å². The van der Waals surface area contributed by atoms with Gasteiger partial charge in [0.1, 0.15) is 6.04 Å². The average molecular weight is 256 g/mol. The van der Waals surface area contributed by atoms with Gasteiger partial charge in [0.25, 0.3) is 0 Å². The van der Waals surface area contributed by atoms with Gasteiger partial charge < -0.3 is 10.1 Å². The van der Waals surface area contributed by atoms with Crippen LogP contribution in [-0.2, 0) is 9.53 Å². The summed E-state index contributed by atoms with van der Waals surface area (Å²) in [5.41, 5.74) is 0. The van der Waals surface area contributed by atoms with Crippen LogP contribution in [0, 0.1) is 5.92 Å². The van der Waals surface area contributed by atoms with E-state index < -0.39 is 0 Å². The van der Waals surface area contributed by atoms with Crippen molar-refractivity contribution >= 4 is 5.97 Å². The standard InChI is InChI=1S/C14H28N2O2/c1-10(2)16(11(3)4)9-7-12-6-8-15-13(12)14(17)18-5/h10-13,15H,6-9H2,1-5H3/t12?,13-/m0/s1. The number of hydrogen-bond acceptors (Lipinski definition) is 4. The molecule has 0 aromatic rings. The molecule has 106 valence electrons. The Morgan fingerprint density at radius 1 is 1.33 bits per heavy atom. The summed E-state index contributed by atoms with van der Waals surface area (Å²) in [5, 5.41) is 3.25. The van der Waals surface area contributed by atoms with E-state index in [-0.39, 0.29) is 12.0 Å². The highest BCUT2D eigenvalue weighted by Crippen LogP contribution is 2.22. The highest BCUT2D eigenvalue weighted by atomic mass is 16.5. The van der Waals surface area contributed by atoms with Crippen molar-refractivity contribution in [2.75, 3.05) is 20.2 Å². The zero-order valence-corrected chi connectivity index (χ0v) is 12.4. The third-order valence-corrected chi connectivity index (χ3v) is 3.89. The maximum Gasteiger partial charge on any atom is 0.323 e. The van der Waals surface area contributed by atoms with Gasteiger partial charge in [0.2, 0.25) is 0 Å². The largest absolute Gasteiger partial charge is 0.468 e. The Kier molecular flexibility index (Phi) is 6.09. The molecule has 1 fully saturated rings. The maximum absolute atomic E-state index is 11.6. The second kappa shape index (κ2) is 7.10. The lowest BCUT2D eigenvalue weighted by atomic mass is 9.96. The van der Waals surface area contributed by atoms with Gasteiger partial charge in [-0.2, -0.15) is 0 Å². The van der Waals surface area contributed by atoms with Crippen molar-refractivity contribution in [1.29, 1.82) is 0 Å². The molecule has 0 spiro atoms. The van der Waals surface area contributed by atoms with E-state index in [9.17, 15) is 4.79 Å². The summed E-state index contributed by atoms with van der Waals surface area (Å²) in [6.45, 7) is 10.9. The number of nitrogens with zero attached hydrogens (tertiary/aromatic N) is 1. The first-order valence-corrected chi connectivity index (χ1v) is 7.04. The Balaban J connectivity index is 2.48. The van der Waals surface area contributed by atoms with Crippen LogP contribution in [0.5, 0.6) is 0 Å². The minimum absolute atomic E-state index is 0.101. The van der Waals surface area contributed by atoms with Crippen LogP contribution in [-0.4, -0.2) is 49.2 Å². The first-order chi connectivity index (χ1) is 8.47. The van der Waals surface area contributed by atoms with Crippen LogP contribution in [0.3, 0.4) is 0 Å². The summed E-state index contributed by atoms with van der Waals surface area (Å²) >= 11 is 0. The molecule has 4 heteroatoms. The number of carbonyl (C=O) groups excluding carboxylic acids is 1. The first kappa shape index (κ1) is 15.4. The Labute approximate surface area is 111 Å². The van der Waals surface area contributed by atoms with Gasteiger partial charge >= 0.3 is 5.97 Å². The molecule has 2 atom stereocenters. The van der Waals surface area contributed by atoms with Crippen LogP contribution < -0.4 is 5.32 Å². The lowest BCUT2D eigenvalue weighted by Crippen LogP contribution is -2.41. The molecule has 0 amide bonds. The normalized spacial score (nSPS) is 24.2. The Bertz CT molecular complexity index is 259. The second-order valence-corrected chi connectivity index (χ2v) is 5.72. The van der Waals surface area contributed by atoms with Gasteiger partial charge in [-0.3, -0.25) is 9.69 Å². The number of carbonyl (C=O) groups is 1. The second-order valence-electron chi connectivity index (χ2n) is 5.72. The maximum atomic E-state index is 11.6. The summed E-state index contributed by atoms with van der Waals surface area (Å²) in [5.74, 6) is 0.301. The zero-order valence-electron chi connectivity index (χ0n) is 12.4. The molecule has 4 nitrogen and oxygen atoms in total. The molecule has 0 aromatic carbocycles. The smallest absolute Gasteiger partial charge is 0.323 e. The van der Waals surface area contributed by atoms with Crippen molar-refractivity contribution in [2.24, 2.45) is 5.92 Å². The van der Waals surface area contributed by atoms with Gasteiger partial charge in [-0.1, -0.05) is 0 Å². The molecule has 18 heavy (non-hydrogen) atoms. The molecular formula is C14H28N2O2. The molecule has 0 bridgehead atoms. The van der Waals surface area contributed by atoms with Gasteiger partial charge in [-0.15, -0.1) is 0 Å². The molecule has 1 aliphatic rings. The fourth-order valence-corrected chi connectivity index (χ4v) is 2.90. The zero-order chi connectivity index (χ0) is 13.7. The Morgan fingerprint density at radius 2 is 1.94 bits per heavy atom. The Morgan fingerprint density at radius 3 is 2.44 bits per heavy atom.